The highest BCUT2D eigenvalue weighted by Crippen LogP contribution is 2.26. The maximum Gasteiger partial charge on any atom is 0.335 e. The van der Waals surface area contributed by atoms with Gasteiger partial charge in [-0.15, -0.1) is 0 Å². The summed E-state index contributed by atoms with van der Waals surface area (Å²) < 4.78 is 0. The summed E-state index contributed by atoms with van der Waals surface area (Å²) >= 11 is 0. The summed E-state index contributed by atoms with van der Waals surface area (Å²) in [7, 11) is 0. The standard InChI is InChI=1S/C20H25N3O2/c1-14(2)23-11-3-4-15(13-23)12-18-19(22-10-9-21-18)16-5-7-17(8-6-16)20(24)25/h5-10,14-15H,3-4,11-13H2,1-2H3,(H,24,25)/t15-/m0/s1. The van der Waals surface area contributed by atoms with E-state index >= 15 is 0 Å². The molecule has 25 heavy (non-hydrogen) atoms. The number of aromatic carboxylic acids is 1. The molecule has 5 heteroatoms. The predicted octanol–water partition coefficient (Wildman–Crippen LogP) is 3.50. The molecular weight excluding hydrogens is 314 g/mol. The number of carboxylic acid groups (broad SMARTS) is 1. The molecule has 2 heterocycles. The number of hydrogen-bond acceptors (Lipinski definition) is 4. The average molecular weight is 339 g/mol. The third-order valence-electron chi connectivity index (χ3n) is 4.94. The van der Waals surface area contributed by atoms with Crippen LogP contribution in [0.15, 0.2) is 36.7 Å². The SMILES string of the molecule is CC(C)N1CCC[C@@H](Cc2nccnc2-c2ccc(C(=O)O)cc2)C1. The van der Waals surface area contributed by atoms with E-state index in [1.54, 1.807) is 24.5 Å². The topological polar surface area (TPSA) is 66.3 Å². The third kappa shape index (κ3) is 4.23. The number of likely N-dealkylation sites (tertiary alicyclic amines) is 1. The van der Waals surface area contributed by atoms with Crippen LogP contribution >= 0.6 is 0 Å². The van der Waals surface area contributed by atoms with Gasteiger partial charge in [0.1, 0.15) is 0 Å². The first-order valence-electron chi connectivity index (χ1n) is 8.92. The zero-order valence-corrected chi connectivity index (χ0v) is 14.9. The van der Waals surface area contributed by atoms with Gasteiger partial charge in [0, 0.05) is 30.5 Å². The second-order valence-corrected chi connectivity index (χ2v) is 7.04. The molecule has 0 unspecified atom stereocenters. The first-order chi connectivity index (χ1) is 12.0. The van der Waals surface area contributed by atoms with Gasteiger partial charge in [-0.3, -0.25) is 9.97 Å². The summed E-state index contributed by atoms with van der Waals surface area (Å²) in [6, 6.07) is 7.46. The lowest BCUT2D eigenvalue weighted by Crippen LogP contribution is -2.40. The molecule has 1 fully saturated rings. The van der Waals surface area contributed by atoms with E-state index < -0.39 is 5.97 Å². The molecule has 5 nitrogen and oxygen atoms in total. The fourth-order valence-corrected chi connectivity index (χ4v) is 3.53. The Balaban J connectivity index is 1.80. The molecule has 1 saturated heterocycles. The fraction of sp³-hybridized carbons (Fsp3) is 0.450. The quantitative estimate of drug-likeness (QED) is 0.903. The lowest BCUT2D eigenvalue weighted by atomic mass is 9.91. The molecule has 1 aromatic carbocycles. The average Bonchev–Trinajstić information content (AvgIpc) is 2.62. The number of rotatable bonds is 5. The van der Waals surface area contributed by atoms with Crippen LogP contribution in [0, 0.1) is 5.92 Å². The van der Waals surface area contributed by atoms with Crippen molar-refractivity contribution in [3.05, 3.63) is 47.9 Å². The molecular formula is C20H25N3O2. The minimum Gasteiger partial charge on any atom is -0.478 e. The maximum atomic E-state index is 11.0. The van der Waals surface area contributed by atoms with Crippen LogP contribution in [0.2, 0.25) is 0 Å². The molecule has 132 valence electrons. The summed E-state index contributed by atoms with van der Waals surface area (Å²) in [6.07, 6.45) is 6.80. The molecule has 1 aliphatic heterocycles. The molecule has 0 aliphatic carbocycles. The van der Waals surface area contributed by atoms with E-state index in [2.05, 4.69) is 28.7 Å². The second-order valence-electron chi connectivity index (χ2n) is 7.04. The van der Waals surface area contributed by atoms with Crippen molar-refractivity contribution in [3.8, 4) is 11.3 Å². The number of hydrogen-bond donors (Lipinski definition) is 1. The zero-order chi connectivity index (χ0) is 17.8. The summed E-state index contributed by atoms with van der Waals surface area (Å²) in [6.45, 7) is 6.78. The van der Waals surface area contributed by atoms with E-state index in [1.165, 1.54) is 19.4 Å². The zero-order valence-electron chi connectivity index (χ0n) is 14.9. The lowest BCUT2D eigenvalue weighted by molar-refractivity contribution is 0.0697. The van der Waals surface area contributed by atoms with Crippen molar-refractivity contribution >= 4 is 5.97 Å². The number of benzene rings is 1. The fourth-order valence-electron chi connectivity index (χ4n) is 3.53. The molecule has 1 N–H and O–H groups in total. The Morgan fingerprint density at radius 3 is 2.64 bits per heavy atom. The van der Waals surface area contributed by atoms with Crippen LogP contribution in [-0.4, -0.2) is 45.1 Å². The van der Waals surface area contributed by atoms with Crippen molar-refractivity contribution in [2.45, 2.75) is 39.2 Å². The Hall–Kier alpha value is -2.27. The largest absolute Gasteiger partial charge is 0.478 e. The lowest BCUT2D eigenvalue weighted by Gasteiger charge is -2.35. The minimum atomic E-state index is -0.915. The van der Waals surface area contributed by atoms with Gasteiger partial charge in [-0.2, -0.15) is 0 Å². The van der Waals surface area contributed by atoms with Crippen LogP contribution < -0.4 is 0 Å². The number of carbonyl (C=O) groups is 1. The van der Waals surface area contributed by atoms with E-state index in [0.29, 0.717) is 12.0 Å². The van der Waals surface area contributed by atoms with Crippen molar-refractivity contribution < 1.29 is 9.90 Å². The first kappa shape index (κ1) is 17.5. The van der Waals surface area contributed by atoms with Gasteiger partial charge < -0.3 is 10.0 Å². The Kier molecular flexibility index (Phi) is 5.43. The number of carboxylic acids is 1. The summed E-state index contributed by atoms with van der Waals surface area (Å²) in [4.78, 5) is 22.7. The van der Waals surface area contributed by atoms with E-state index in [-0.39, 0.29) is 5.56 Å². The number of aromatic nitrogens is 2. The Morgan fingerprint density at radius 2 is 1.96 bits per heavy atom. The van der Waals surface area contributed by atoms with Crippen molar-refractivity contribution in [2.24, 2.45) is 5.92 Å². The van der Waals surface area contributed by atoms with Crippen LogP contribution in [0.1, 0.15) is 42.7 Å². The van der Waals surface area contributed by atoms with Crippen molar-refractivity contribution in [1.29, 1.82) is 0 Å². The molecule has 0 spiro atoms. The first-order valence-corrected chi connectivity index (χ1v) is 8.92. The molecule has 1 aromatic heterocycles. The monoisotopic (exact) mass is 339 g/mol. The van der Waals surface area contributed by atoms with Crippen LogP contribution in [0.5, 0.6) is 0 Å². The number of nitrogens with zero attached hydrogens (tertiary/aromatic N) is 3. The summed E-state index contributed by atoms with van der Waals surface area (Å²) in [5, 5.41) is 9.05. The van der Waals surface area contributed by atoms with Gasteiger partial charge in [-0.05, 0) is 57.7 Å². The summed E-state index contributed by atoms with van der Waals surface area (Å²) in [5.41, 5.74) is 3.07. The van der Waals surface area contributed by atoms with E-state index in [1.807, 2.05) is 12.1 Å². The van der Waals surface area contributed by atoms with Gasteiger partial charge in [-0.25, -0.2) is 4.79 Å². The van der Waals surface area contributed by atoms with Gasteiger partial charge in [0.25, 0.3) is 0 Å². The highest BCUT2D eigenvalue weighted by Gasteiger charge is 2.23. The van der Waals surface area contributed by atoms with Crippen LogP contribution in [0.25, 0.3) is 11.3 Å². The highest BCUT2D eigenvalue weighted by molar-refractivity contribution is 5.88. The molecule has 2 aromatic rings. The Labute approximate surface area is 148 Å². The molecule has 3 rings (SSSR count). The van der Waals surface area contributed by atoms with Crippen LogP contribution in [0.3, 0.4) is 0 Å². The van der Waals surface area contributed by atoms with Gasteiger partial charge in [0.2, 0.25) is 0 Å². The van der Waals surface area contributed by atoms with E-state index in [0.717, 1.165) is 29.9 Å². The molecule has 0 amide bonds. The molecule has 0 bridgehead atoms. The highest BCUT2D eigenvalue weighted by atomic mass is 16.4. The normalized spacial score (nSPS) is 18.4. The van der Waals surface area contributed by atoms with Crippen molar-refractivity contribution in [3.63, 3.8) is 0 Å². The Bertz CT molecular complexity index is 728. The maximum absolute atomic E-state index is 11.0. The van der Waals surface area contributed by atoms with E-state index in [9.17, 15) is 4.79 Å². The van der Waals surface area contributed by atoms with Gasteiger partial charge >= 0.3 is 5.97 Å². The molecule has 0 saturated carbocycles. The third-order valence-corrected chi connectivity index (χ3v) is 4.94. The minimum absolute atomic E-state index is 0.286. The van der Waals surface area contributed by atoms with Crippen molar-refractivity contribution in [1.82, 2.24) is 14.9 Å². The van der Waals surface area contributed by atoms with Crippen molar-refractivity contribution in [2.75, 3.05) is 13.1 Å². The smallest absolute Gasteiger partial charge is 0.335 e. The number of piperidine rings is 1. The molecule has 1 atom stereocenters. The van der Waals surface area contributed by atoms with Gasteiger partial charge in [0.15, 0.2) is 0 Å². The molecule has 0 radical (unpaired) electrons. The van der Waals surface area contributed by atoms with Gasteiger partial charge in [-0.1, -0.05) is 12.1 Å². The second kappa shape index (κ2) is 7.74. The van der Waals surface area contributed by atoms with Crippen LogP contribution in [-0.2, 0) is 6.42 Å². The van der Waals surface area contributed by atoms with E-state index in [4.69, 9.17) is 5.11 Å². The Morgan fingerprint density at radius 1 is 1.24 bits per heavy atom. The molecule has 1 aliphatic rings. The predicted molar refractivity (Wildman–Crippen MR) is 97.6 cm³/mol. The summed E-state index contributed by atoms with van der Waals surface area (Å²) in [5.74, 6) is -0.327. The van der Waals surface area contributed by atoms with Gasteiger partial charge in [0.05, 0.1) is 17.0 Å². The van der Waals surface area contributed by atoms with Crippen LogP contribution in [0.4, 0.5) is 0 Å².